The molecule has 0 saturated carbocycles. The van der Waals surface area contributed by atoms with Gasteiger partial charge in [0.2, 0.25) is 0 Å². The predicted molar refractivity (Wildman–Crippen MR) is 106 cm³/mol. The van der Waals surface area contributed by atoms with Crippen LogP contribution in [-0.2, 0) is 0 Å². The molecule has 0 spiro atoms. The van der Waals surface area contributed by atoms with Gasteiger partial charge >= 0.3 is 0 Å². The van der Waals surface area contributed by atoms with Crippen molar-refractivity contribution < 1.29 is 4.79 Å². The Kier molecular flexibility index (Phi) is 10.1. The molecule has 0 saturated heterocycles. The molecule has 2 heteroatoms. The molecule has 1 rings (SSSR count). The average Bonchev–Trinajstić information content (AvgIpc) is 2.56. The van der Waals surface area contributed by atoms with Gasteiger partial charge in [-0.1, -0.05) is 65.1 Å². The minimum absolute atomic E-state index is 0.148. The number of carbonyl (C=O) groups excluding carboxylic acids is 1. The van der Waals surface area contributed by atoms with Crippen LogP contribution in [0.3, 0.4) is 0 Å². The van der Waals surface area contributed by atoms with Gasteiger partial charge in [0.1, 0.15) is 0 Å². The van der Waals surface area contributed by atoms with Gasteiger partial charge in [0.25, 0.3) is 5.91 Å². The molecule has 2 nitrogen and oxygen atoms in total. The molecule has 0 radical (unpaired) electrons. The van der Waals surface area contributed by atoms with Gasteiger partial charge in [-0.3, -0.25) is 4.79 Å². The summed E-state index contributed by atoms with van der Waals surface area (Å²) in [5.74, 6) is -0.148. The normalized spacial score (nSPS) is 10.3. The zero-order valence-corrected chi connectivity index (χ0v) is 15.8. The predicted octanol–water partition coefficient (Wildman–Crippen LogP) is 6.12. The minimum Gasteiger partial charge on any atom is -0.323 e. The van der Waals surface area contributed by atoms with Gasteiger partial charge in [-0.2, -0.15) is 0 Å². The molecule has 0 heterocycles. The Bertz CT molecular complexity index is 635. The summed E-state index contributed by atoms with van der Waals surface area (Å²) in [6, 6.07) is 7.47. The van der Waals surface area contributed by atoms with Crippen molar-refractivity contribution >= 4 is 5.91 Å². The van der Waals surface area contributed by atoms with Crippen LogP contribution >= 0.6 is 0 Å². The third-order valence-electron chi connectivity index (χ3n) is 3.51. The van der Waals surface area contributed by atoms with E-state index in [1.165, 1.54) is 0 Å². The topological polar surface area (TPSA) is 29.1 Å². The van der Waals surface area contributed by atoms with Crippen LogP contribution < -0.4 is 5.32 Å². The number of nitrogens with one attached hydrogen (secondary N) is 1. The fraction of sp³-hybridized carbons (Fsp3) is 0.318. The maximum Gasteiger partial charge on any atom is 0.255 e. The Morgan fingerprint density at radius 1 is 1.17 bits per heavy atom. The first kappa shape index (κ1) is 21.6. The molecule has 0 fully saturated rings. The van der Waals surface area contributed by atoms with Gasteiger partial charge in [0.05, 0.1) is 0 Å². The van der Waals surface area contributed by atoms with E-state index in [9.17, 15) is 4.79 Å². The first-order valence-electron chi connectivity index (χ1n) is 8.48. The van der Waals surface area contributed by atoms with Crippen molar-refractivity contribution in [1.82, 2.24) is 5.32 Å². The minimum atomic E-state index is -0.148. The van der Waals surface area contributed by atoms with Gasteiger partial charge in [-0.25, -0.2) is 0 Å². The molecule has 1 N–H and O–H groups in total. The third-order valence-corrected chi connectivity index (χ3v) is 3.51. The molecule has 1 aromatic rings. The Balaban J connectivity index is 0.00000254. The molecule has 1 amide bonds. The summed E-state index contributed by atoms with van der Waals surface area (Å²) in [6.45, 7) is 22.0. The van der Waals surface area contributed by atoms with Crippen molar-refractivity contribution in [3.8, 4) is 0 Å². The van der Waals surface area contributed by atoms with Crippen molar-refractivity contribution in [2.75, 3.05) is 0 Å². The van der Waals surface area contributed by atoms with Gasteiger partial charge in [0, 0.05) is 11.3 Å². The van der Waals surface area contributed by atoms with E-state index in [0.29, 0.717) is 11.3 Å². The van der Waals surface area contributed by atoms with Crippen molar-refractivity contribution in [1.29, 1.82) is 0 Å². The lowest BCUT2D eigenvalue weighted by atomic mass is 9.98. The standard InChI is InChI=1S/C20H25NO.C2H6/c1-7-10-14(2)18(6)16(4)13-17(5)21-20(22)19-12-9-8-11-15(19)3;1-2/h8-9,11-13H,2,5-7,10H2,1,3-4H3,(H,21,22);1-2H3/b16-13-;. The summed E-state index contributed by atoms with van der Waals surface area (Å²) in [6.07, 6.45) is 3.79. The highest BCUT2D eigenvalue weighted by molar-refractivity contribution is 5.96. The smallest absolute Gasteiger partial charge is 0.255 e. The number of allylic oxidation sites excluding steroid dienone is 4. The molecule has 0 aliphatic heterocycles. The van der Waals surface area contributed by atoms with Crippen LogP contribution in [0.2, 0.25) is 0 Å². The largest absolute Gasteiger partial charge is 0.323 e. The maximum atomic E-state index is 12.2. The lowest BCUT2D eigenvalue weighted by Crippen LogP contribution is -2.22. The van der Waals surface area contributed by atoms with E-state index in [2.05, 4.69) is 32.0 Å². The second kappa shape index (κ2) is 11.2. The number of hydrogen-bond donors (Lipinski definition) is 1. The number of aryl methyl sites for hydroxylation is 1. The molecule has 130 valence electrons. The van der Waals surface area contributed by atoms with Crippen LogP contribution in [0.1, 0.15) is 56.5 Å². The Morgan fingerprint density at radius 3 is 2.29 bits per heavy atom. The fourth-order valence-electron chi connectivity index (χ4n) is 2.16. The molecule has 0 unspecified atom stereocenters. The van der Waals surface area contributed by atoms with Crippen LogP contribution in [0.15, 0.2) is 72.5 Å². The van der Waals surface area contributed by atoms with Gasteiger partial charge in [-0.15, -0.1) is 0 Å². The summed E-state index contributed by atoms with van der Waals surface area (Å²) in [5.41, 5.74) is 5.05. The van der Waals surface area contributed by atoms with Crippen LogP contribution in [0.4, 0.5) is 0 Å². The second-order valence-electron chi connectivity index (χ2n) is 5.45. The van der Waals surface area contributed by atoms with Crippen LogP contribution in [-0.4, -0.2) is 5.91 Å². The van der Waals surface area contributed by atoms with Gasteiger partial charge in [0.15, 0.2) is 0 Å². The summed E-state index contributed by atoms with van der Waals surface area (Å²) in [4.78, 5) is 12.2. The van der Waals surface area contributed by atoms with E-state index < -0.39 is 0 Å². The molecule has 0 aromatic heterocycles. The van der Waals surface area contributed by atoms with E-state index in [-0.39, 0.29) is 5.91 Å². The number of carbonyl (C=O) groups is 1. The van der Waals surface area contributed by atoms with Gasteiger partial charge < -0.3 is 5.32 Å². The summed E-state index contributed by atoms with van der Waals surface area (Å²) >= 11 is 0. The molecule has 0 aliphatic rings. The van der Waals surface area contributed by atoms with Crippen LogP contribution in [0.5, 0.6) is 0 Å². The molecule has 0 aliphatic carbocycles. The van der Waals surface area contributed by atoms with Crippen molar-refractivity contribution in [3.63, 3.8) is 0 Å². The number of amides is 1. The lowest BCUT2D eigenvalue weighted by Gasteiger charge is -2.11. The summed E-state index contributed by atoms with van der Waals surface area (Å²) < 4.78 is 0. The highest BCUT2D eigenvalue weighted by atomic mass is 16.1. The molecule has 0 bridgehead atoms. The number of benzene rings is 1. The zero-order chi connectivity index (χ0) is 18.7. The monoisotopic (exact) mass is 325 g/mol. The fourth-order valence-corrected chi connectivity index (χ4v) is 2.16. The summed E-state index contributed by atoms with van der Waals surface area (Å²) in [7, 11) is 0. The maximum absolute atomic E-state index is 12.2. The Hall–Kier alpha value is -2.35. The van der Waals surface area contributed by atoms with E-state index in [1.54, 1.807) is 6.07 Å². The van der Waals surface area contributed by atoms with Crippen molar-refractivity contribution in [2.45, 2.75) is 47.5 Å². The van der Waals surface area contributed by atoms with E-state index in [4.69, 9.17) is 0 Å². The number of hydrogen-bond acceptors (Lipinski definition) is 1. The highest BCUT2D eigenvalue weighted by Gasteiger charge is 2.09. The number of rotatable bonds is 7. The lowest BCUT2D eigenvalue weighted by molar-refractivity contribution is 0.0966. The third kappa shape index (κ3) is 6.82. The van der Waals surface area contributed by atoms with Crippen LogP contribution in [0.25, 0.3) is 0 Å². The molecule has 1 aromatic carbocycles. The highest BCUT2D eigenvalue weighted by Crippen LogP contribution is 2.20. The SMILES string of the molecule is C=C(/C=C(/C)C(=C)C(=C)CCC)NC(=O)c1ccccc1C.CC. The van der Waals surface area contributed by atoms with Gasteiger partial charge in [-0.05, 0) is 54.7 Å². The van der Waals surface area contributed by atoms with E-state index in [0.717, 1.165) is 35.1 Å². The molecule has 0 atom stereocenters. The first-order chi connectivity index (χ1) is 11.4. The van der Waals surface area contributed by atoms with Crippen molar-refractivity contribution in [3.05, 3.63) is 83.6 Å². The zero-order valence-electron chi connectivity index (χ0n) is 15.8. The quantitative estimate of drug-likeness (QED) is 0.601. The van der Waals surface area contributed by atoms with Crippen molar-refractivity contribution in [2.24, 2.45) is 0 Å². The first-order valence-corrected chi connectivity index (χ1v) is 8.48. The average molecular weight is 325 g/mol. The molecule has 24 heavy (non-hydrogen) atoms. The Labute approximate surface area is 147 Å². The van der Waals surface area contributed by atoms with E-state index in [1.807, 2.05) is 52.0 Å². The summed E-state index contributed by atoms with van der Waals surface area (Å²) in [5, 5.41) is 2.81. The molecular weight excluding hydrogens is 294 g/mol. The van der Waals surface area contributed by atoms with Crippen LogP contribution in [0, 0.1) is 6.92 Å². The molecular formula is C22H31NO. The Morgan fingerprint density at radius 2 is 1.75 bits per heavy atom. The second-order valence-corrected chi connectivity index (χ2v) is 5.45. The van der Waals surface area contributed by atoms with E-state index >= 15 is 0 Å².